The van der Waals surface area contributed by atoms with Crippen molar-refractivity contribution in [2.24, 2.45) is 0 Å². The summed E-state index contributed by atoms with van der Waals surface area (Å²) >= 11 is 0. The van der Waals surface area contributed by atoms with Gasteiger partial charge in [-0.3, -0.25) is 9.78 Å². The molecule has 3 rings (SSSR count). The Morgan fingerprint density at radius 1 is 1.29 bits per heavy atom. The van der Waals surface area contributed by atoms with Crippen molar-refractivity contribution >= 4 is 28.2 Å². The van der Waals surface area contributed by atoms with Crippen molar-refractivity contribution in [2.45, 2.75) is 6.92 Å². The number of rotatable bonds is 3. The predicted molar refractivity (Wildman–Crippen MR) is 80.5 cm³/mol. The van der Waals surface area contributed by atoms with Crippen molar-refractivity contribution in [3.05, 3.63) is 48.0 Å². The van der Waals surface area contributed by atoms with Crippen LogP contribution in [0.5, 0.6) is 0 Å². The fourth-order valence-corrected chi connectivity index (χ4v) is 2.16. The van der Waals surface area contributed by atoms with Gasteiger partial charge in [0.2, 0.25) is 5.76 Å². The third-order valence-corrected chi connectivity index (χ3v) is 3.13. The number of amides is 1. The van der Waals surface area contributed by atoms with Crippen LogP contribution in [0, 0.1) is 6.92 Å². The molecule has 0 aliphatic rings. The minimum Gasteiger partial charge on any atom is -0.386 e. The topological polar surface area (TPSA) is 80.0 Å². The number of anilines is 2. The molecule has 0 atom stereocenters. The maximum Gasteiger partial charge on any atom is 0.294 e. The molecule has 0 aliphatic carbocycles. The van der Waals surface area contributed by atoms with Crippen LogP contribution in [0.3, 0.4) is 0 Å². The fraction of sp³-hybridized carbons (Fsp3) is 0.133. The first kappa shape index (κ1) is 13.1. The number of carbonyl (C=O) groups excluding carboxylic acids is 1. The molecule has 0 fully saturated rings. The van der Waals surface area contributed by atoms with Gasteiger partial charge in [-0.1, -0.05) is 23.4 Å². The highest BCUT2D eigenvalue weighted by atomic mass is 16.5. The number of para-hydroxylation sites is 1. The Morgan fingerprint density at radius 3 is 2.81 bits per heavy atom. The lowest BCUT2D eigenvalue weighted by Gasteiger charge is -2.12. The predicted octanol–water partition coefficient (Wildman–Crippen LogP) is 2.83. The molecule has 1 amide bonds. The molecule has 0 saturated heterocycles. The zero-order valence-electron chi connectivity index (χ0n) is 11.7. The van der Waals surface area contributed by atoms with Crippen LogP contribution in [0.2, 0.25) is 0 Å². The monoisotopic (exact) mass is 282 g/mol. The Hall–Kier alpha value is -2.89. The molecule has 0 saturated carbocycles. The average Bonchev–Trinajstić information content (AvgIpc) is 2.93. The normalized spacial score (nSPS) is 10.6. The van der Waals surface area contributed by atoms with Gasteiger partial charge in [0.1, 0.15) is 0 Å². The number of pyridine rings is 1. The molecule has 3 aromatic rings. The SMILES string of the molecule is CNc1c(NC(=O)c2cc(C)no2)cnc2ccccc12. The second-order valence-electron chi connectivity index (χ2n) is 4.60. The van der Waals surface area contributed by atoms with Crippen molar-refractivity contribution in [2.75, 3.05) is 17.7 Å². The van der Waals surface area contributed by atoms with Gasteiger partial charge in [0.15, 0.2) is 0 Å². The van der Waals surface area contributed by atoms with Crippen LogP contribution in [0.25, 0.3) is 10.9 Å². The summed E-state index contributed by atoms with van der Waals surface area (Å²) in [6.45, 7) is 1.76. The Kier molecular flexibility index (Phi) is 3.27. The number of hydrogen-bond donors (Lipinski definition) is 2. The van der Waals surface area contributed by atoms with Crippen molar-refractivity contribution in [1.29, 1.82) is 0 Å². The number of benzene rings is 1. The number of nitrogens with zero attached hydrogens (tertiary/aromatic N) is 2. The minimum atomic E-state index is -0.357. The molecule has 106 valence electrons. The molecular formula is C15H14N4O2. The molecule has 0 aliphatic heterocycles. The summed E-state index contributed by atoms with van der Waals surface area (Å²) in [6, 6.07) is 9.30. The Bertz CT molecular complexity index is 810. The van der Waals surface area contributed by atoms with Gasteiger partial charge in [-0.15, -0.1) is 0 Å². The third-order valence-electron chi connectivity index (χ3n) is 3.13. The van der Waals surface area contributed by atoms with Crippen LogP contribution >= 0.6 is 0 Å². The summed E-state index contributed by atoms with van der Waals surface area (Å²) in [5.41, 5.74) is 2.92. The number of fused-ring (bicyclic) bond motifs is 1. The largest absolute Gasteiger partial charge is 0.386 e. The van der Waals surface area contributed by atoms with Gasteiger partial charge in [0.25, 0.3) is 5.91 Å². The summed E-state index contributed by atoms with van der Waals surface area (Å²) in [7, 11) is 1.80. The van der Waals surface area contributed by atoms with E-state index in [1.165, 1.54) is 0 Å². The lowest BCUT2D eigenvalue weighted by molar-refractivity contribution is 0.0988. The molecule has 2 N–H and O–H groups in total. The maximum absolute atomic E-state index is 12.1. The maximum atomic E-state index is 12.1. The van der Waals surface area contributed by atoms with E-state index in [-0.39, 0.29) is 11.7 Å². The van der Waals surface area contributed by atoms with Crippen molar-refractivity contribution < 1.29 is 9.32 Å². The number of carbonyl (C=O) groups is 1. The molecule has 6 nitrogen and oxygen atoms in total. The van der Waals surface area contributed by atoms with E-state index in [0.29, 0.717) is 11.4 Å². The Balaban J connectivity index is 1.98. The first-order chi connectivity index (χ1) is 10.2. The van der Waals surface area contributed by atoms with Gasteiger partial charge in [-0.2, -0.15) is 0 Å². The van der Waals surface area contributed by atoms with E-state index < -0.39 is 0 Å². The highest BCUT2D eigenvalue weighted by Crippen LogP contribution is 2.29. The minimum absolute atomic E-state index is 0.169. The Morgan fingerprint density at radius 2 is 2.10 bits per heavy atom. The molecule has 0 radical (unpaired) electrons. The molecule has 21 heavy (non-hydrogen) atoms. The van der Waals surface area contributed by atoms with E-state index in [9.17, 15) is 4.79 Å². The lowest BCUT2D eigenvalue weighted by atomic mass is 10.1. The number of aromatic nitrogens is 2. The van der Waals surface area contributed by atoms with E-state index >= 15 is 0 Å². The fourth-order valence-electron chi connectivity index (χ4n) is 2.16. The molecule has 2 aromatic heterocycles. The first-order valence-electron chi connectivity index (χ1n) is 6.49. The van der Waals surface area contributed by atoms with Crippen LogP contribution in [0.15, 0.2) is 41.1 Å². The molecule has 2 heterocycles. The first-order valence-corrected chi connectivity index (χ1v) is 6.49. The van der Waals surface area contributed by atoms with E-state index in [2.05, 4.69) is 20.8 Å². The summed E-state index contributed by atoms with van der Waals surface area (Å²) in [5, 5.41) is 10.5. The molecular weight excluding hydrogens is 268 g/mol. The molecule has 0 spiro atoms. The highest BCUT2D eigenvalue weighted by molar-refractivity contribution is 6.07. The van der Waals surface area contributed by atoms with Crippen LogP contribution in [0.1, 0.15) is 16.2 Å². The van der Waals surface area contributed by atoms with Crippen LogP contribution in [0.4, 0.5) is 11.4 Å². The van der Waals surface area contributed by atoms with Gasteiger partial charge in [-0.25, -0.2) is 0 Å². The van der Waals surface area contributed by atoms with Crippen LogP contribution in [-0.2, 0) is 0 Å². The lowest BCUT2D eigenvalue weighted by Crippen LogP contribution is -2.13. The molecule has 1 aromatic carbocycles. The number of nitrogens with one attached hydrogen (secondary N) is 2. The van der Waals surface area contributed by atoms with E-state index in [0.717, 1.165) is 16.6 Å². The van der Waals surface area contributed by atoms with Gasteiger partial charge < -0.3 is 15.2 Å². The zero-order valence-corrected chi connectivity index (χ0v) is 11.7. The summed E-state index contributed by atoms with van der Waals surface area (Å²) in [6.07, 6.45) is 1.62. The van der Waals surface area contributed by atoms with E-state index in [1.54, 1.807) is 26.2 Å². The second-order valence-corrected chi connectivity index (χ2v) is 4.60. The smallest absolute Gasteiger partial charge is 0.294 e. The molecule has 0 bridgehead atoms. The standard InChI is InChI=1S/C15H14N4O2/c1-9-7-13(21-19-9)15(20)18-12-8-17-11-6-4-3-5-10(11)14(12)16-2/h3-8H,1-2H3,(H,16,17)(H,18,20). The quantitative estimate of drug-likeness (QED) is 0.772. The van der Waals surface area contributed by atoms with Crippen LogP contribution in [-0.4, -0.2) is 23.1 Å². The number of hydrogen-bond acceptors (Lipinski definition) is 5. The number of aryl methyl sites for hydroxylation is 1. The van der Waals surface area contributed by atoms with Crippen LogP contribution < -0.4 is 10.6 Å². The second kappa shape index (κ2) is 5.24. The van der Waals surface area contributed by atoms with Gasteiger partial charge in [0, 0.05) is 18.5 Å². The molecule has 6 heteroatoms. The zero-order chi connectivity index (χ0) is 14.8. The van der Waals surface area contributed by atoms with Gasteiger partial charge >= 0.3 is 0 Å². The van der Waals surface area contributed by atoms with E-state index in [1.807, 2.05) is 24.3 Å². The molecule has 0 unspecified atom stereocenters. The van der Waals surface area contributed by atoms with Crippen molar-refractivity contribution in [3.8, 4) is 0 Å². The highest BCUT2D eigenvalue weighted by Gasteiger charge is 2.15. The third kappa shape index (κ3) is 2.43. The van der Waals surface area contributed by atoms with Crippen molar-refractivity contribution in [1.82, 2.24) is 10.1 Å². The van der Waals surface area contributed by atoms with Gasteiger partial charge in [0.05, 0.1) is 28.8 Å². The van der Waals surface area contributed by atoms with Gasteiger partial charge in [-0.05, 0) is 13.0 Å². The summed E-state index contributed by atoms with van der Waals surface area (Å²) in [5.74, 6) is -0.188. The summed E-state index contributed by atoms with van der Waals surface area (Å²) < 4.78 is 4.96. The summed E-state index contributed by atoms with van der Waals surface area (Å²) in [4.78, 5) is 16.5. The Labute approximate surface area is 121 Å². The van der Waals surface area contributed by atoms with Crippen molar-refractivity contribution in [3.63, 3.8) is 0 Å². The average molecular weight is 282 g/mol. The van der Waals surface area contributed by atoms with E-state index in [4.69, 9.17) is 4.52 Å².